The molecule has 0 aromatic heterocycles. The van der Waals surface area contributed by atoms with Crippen molar-refractivity contribution in [3.05, 3.63) is 47.5 Å². The standard InChI is InChI=1S/C20H22OS2/c21-19-15-7-6-14(18(19)20-22-8-3-9-23-20)16-10-12-4-1-2-5-13(12)11-17(15)16/h1-2,4-5,10-11,14-15,18-21H,3,6-9H2/t14-,15+,18+,19+/m0/s1. The highest BCUT2D eigenvalue weighted by Gasteiger charge is 2.49. The van der Waals surface area contributed by atoms with Crippen LogP contribution in [0.4, 0.5) is 0 Å². The van der Waals surface area contributed by atoms with E-state index in [9.17, 15) is 5.11 Å². The molecule has 23 heavy (non-hydrogen) atoms. The summed E-state index contributed by atoms with van der Waals surface area (Å²) in [6, 6.07) is 13.5. The van der Waals surface area contributed by atoms with Crippen LogP contribution in [0, 0.1) is 5.92 Å². The van der Waals surface area contributed by atoms with Crippen LogP contribution in [0.3, 0.4) is 0 Å². The Balaban J connectivity index is 1.61. The van der Waals surface area contributed by atoms with Crippen molar-refractivity contribution in [2.24, 2.45) is 5.92 Å². The second-order valence-electron chi connectivity index (χ2n) is 7.15. The molecule has 3 aliphatic carbocycles. The molecule has 0 amide bonds. The van der Waals surface area contributed by atoms with Gasteiger partial charge in [-0.25, -0.2) is 0 Å². The molecule has 2 fully saturated rings. The molecule has 1 saturated heterocycles. The maximum atomic E-state index is 11.1. The van der Waals surface area contributed by atoms with E-state index in [1.165, 1.54) is 40.7 Å². The number of benzene rings is 2. The van der Waals surface area contributed by atoms with Crippen LogP contribution in [0.1, 0.15) is 42.2 Å². The second kappa shape index (κ2) is 5.72. The van der Waals surface area contributed by atoms with Crippen LogP contribution in [-0.2, 0) is 0 Å². The molecule has 1 saturated carbocycles. The van der Waals surface area contributed by atoms with Crippen molar-refractivity contribution in [2.45, 2.75) is 41.8 Å². The molecule has 1 N–H and O–H groups in total. The number of fused-ring (bicyclic) bond motifs is 3. The number of hydrogen-bond acceptors (Lipinski definition) is 3. The maximum absolute atomic E-state index is 11.1. The molecule has 3 heteroatoms. The van der Waals surface area contributed by atoms with Crippen molar-refractivity contribution in [2.75, 3.05) is 11.5 Å². The van der Waals surface area contributed by atoms with Crippen LogP contribution in [0.25, 0.3) is 10.8 Å². The lowest BCUT2D eigenvalue weighted by atomic mass is 9.60. The van der Waals surface area contributed by atoms with Gasteiger partial charge in [-0.05, 0) is 58.6 Å². The average Bonchev–Trinajstić information content (AvgIpc) is 2.61. The van der Waals surface area contributed by atoms with Gasteiger partial charge in [-0.3, -0.25) is 0 Å². The predicted octanol–water partition coefficient (Wildman–Crippen LogP) is 4.99. The summed E-state index contributed by atoms with van der Waals surface area (Å²) in [5.74, 6) is 3.88. The molecule has 120 valence electrons. The summed E-state index contributed by atoms with van der Waals surface area (Å²) in [6.45, 7) is 0. The molecular weight excluding hydrogens is 320 g/mol. The van der Waals surface area contributed by atoms with Crippen molar-refractivity contribution in [3.63, 3.8) is 0 Å². The summed E-state index contributed by atoms with van der Waals surface area (Å²) >= 11 is 4.19. The summed E-state index contributed by atoms with van der Waals surface area (Å²) in [4.78, 5) is 0. The Bertz CT molecular complexity index is 737. The lowest BCUT2D eigenvalue weighted by Gasteiger charge is -2.50. The van der Waals surface area contributed by atoms with E-state index in [0.717, 1.165) is 6.42 Å². The lowest BCUT2D eigenvalue weighted by Crippen LogP contribution is -2.46. The van der Waals surface area contributed by atoms with Gasteiger partial charge in [0.05, 0.1) is 10.7 Å². The van der Waals surface area contributed by atoms with E-state index < -0.39 is 0 Å². The van der Waals surface area contributed by atoms with Gasteiger partial charge in [0.1, 0.15) is 0 Å². The minimum atomic E-state index is -0.148. The first-order chi connectivity index (χ1) is 11.3. The maximum Gasteiger partial charge on any atom is 0.0661 e. The number of aliphatic hydroxyl groups excluding tert-OH is 1. The zero-order valence-electron chi connectivity index (χ0n) is 13.2. The fourth-order valence-corrected chi connectivity index (χ4v) is 8.30. The summed E-state index contributed by atoms with van der Waals surface area (Å²) in [5, 5.41) is 13.8. The Labute approximate surface area is 146 Å². The third-order valence-corrected chi connectivity index (χ3v) is 9.13. The minimum absolute atomic E-state index is 0.148. The molecule has 6 rings (SSSR count). The highest BCUT2D eigenvalue weighted by atomic mass is 32.2. The summed E-state index contributed by atoms with van der Waals surface area (Å²) in [7, 11) is 0. The zero-order valence-corrected chi connectivity index (χ0v) is 14.8. The SMILES string of the molecule is O[C@H]1[C@H](C2SCCCS2)[C@H]2CC[C@@H]1c1cc3ccccc3cc12. The summed E-state index contributed by atoms with van der Waals surface area (Å²) in [5.41, 5.74) is 2.98. The van der Waals surface area contributed by atoms with Gasteiger partial charge in [-0.2, -0.15) is 0 Å². The van der Waals surface area contributed by atoms with Gasteiger partial charge in [0, 0.05) is 11.8 Å². The Kier molecular flexibility index (Phi) is 3.65. The highest BCUT2D eigenvalue weighted by molar-refractivity contribution is 8.17. The first-order valence-corrected chi connectivity index (χ1v) is 10.9. The van der Waals surface area contributed by atoms with Crippen molar-refractivity contribution >= 4 is 34.3 Å². The van der Waals surface area contributed by atoms with Gasteiger partial charge >= 0.3 is 0 Å². The van der Waals surface area contributed by atoms with Crippen molar-refractivity contribution < 1.29 is 5.11 Å². The fourth-order valence-electron chi connectivity index (χ4n) is 4.93. The number of hydrogen-bond donors (Lipinski definition) is 1. The summed E-state index contributed by atoms with van der Waals surface area (Å²) < 4.78 is 0.589. The average molecular weight is 343 g/mol. The Morgan fingerprint density at radius 3 is 2.17 bits per heavy atom. The molecule has 2 bridgehead atoms. The van der Waals surface area contributed by atoms with Crippen LogP contribution in [0.2, 0.25) is 0 Å². The largest absolute Gasteiger partial charge is 0.392 e. The highest BCUT2D eigenvalue weighted by Crippen LogP contribution is 2.57. The third-order valence-electron chi connectivity index (χ3n) is 5.98. The second-order valence-corrected chi connectivity index (χ2v) is 9.95. The molecule has 2 aromatic carbocycles. The monoisotopic (exact) mass is 342 g/mol. The van der Waals surface area contributed by atoms with E-state index >= 15 is 0 Å². The first kappa shape index (κ1) is 14.7. The molecule has 4 aliphatic rings. The quantitative estimate of drug-likeness (QED) is 0.788. The Morgan fingerprint density at radius 1 is 0.870 bits per heavy atom. The zero-order chi connectivity index (χ0) is 15.4. The van der Waals surface area contributed by atoms with Gasteiger partial charge in [-0.1, -0.05) is 36.4 Å². The normalized spacial score (nSPS) is 33.8. The van der Waals surface area contributed by atoms with E-state index in [2.05, 4.69) is 59.9 Å². The molecule has 1 aliphatic heterocycles. The number of rotatable bonds is 1. The van der Waals surface area contributed by atoms with Gasteiger partial charge < -0.3 is 5.11 Å². The first-order valence-electron chi connectivity index (χ1n) is 8.77. The van der Waals surface area contributed by atoms with Crippen LogP contribution >= 0.6 is 23.5 Å². The Hall–Kier alpha value is -0.640. The van der Waals surface area contributed by atoms with Crippen molar-refractivity contribution in [3.8, 4) is 0 Å². The number of aliphatic hydroxyl groups is 1. The third kappa shape index (κ3) is 2.27. The predicted molar refractivity (Wildman–Crippen MR) is 101 cm³/mol. The molecule has 0 radical (unpaired) electrons. The molecule has 1 heterocycles. The lowest BCUT2D eigenvalue weighted by molar-refractivity contribution is 0.0307. The fraction of sp³-hybridized carbons (Fsp3) is 0.500. The minimum Gasteiger partial charge on any atom is -0.392 e. The molecular formula is C20H22OS2. The van der Waals surface area contributed by atoms with E-state index in [0.29, 0.717) is 22.3 Å². The van der Waals surface area contributed by atoms with Gasteiger partial charge in [-0.15, -0.1) is 23.5 Å². The number of thioether (sulfide) groups is 2. The van der Waals surface area contributed by atoms with E-state index in [4.69, 9.17) is 0 Å². The van der Waals surface area contributed by atoms with E-state index in [1.54, 1.807) is 5.56 Å². The molecule has 1 nitrogen and oxygen atoms in total. The Morgan fingerprint density at radius 2 is 1.48 bits per heavy atom. The van der Waals surface area contributed by atoms with Crippen LogP contribution < -0.4 is 0 Å². The van der Waals surface area contributed by atoms with E-state index in [-0.39, 0.29) is 6.10 Å². The van der Waals surface area contributed by atoms with Crippen LogP contribution in [0.15, 0.2) is 36.4 Å². The van der Waals surface area contributed by atoms with Gasteiger partial charge in [0.2, 0.25) is 0 Å². The summed E-state index contributed by atoms with van der Waals surface area (Å²) in [6.07, 6.45) is 3.60. The smallest absolute Gasteiger partial charge is 0.0661 e. The van der Waals surface area contributed by atoms with Crippen LogP contribution in [-0.4, -0.2) is 27.3 Å². The van der Waals surface area contributed by atoms with E-state index in [1.807, 2.05) is 0 Å². The molecule has 0 spiro atoms. The molecule has 4 atom stereocenters. The van der Waals surface area contributed by atoms with Crippen molar-refractivity contribution in [1.29, 1.82) is 0 Å². The molecule has 2 aromatic rings. The van der Waals surface area contributed by atoms with Gasteiger partial charge in [0.25, 0.3) is 0 Å². The van der Waals surface area contributed by atoms with Crippen LogP contribution in [0.5, 0.6) is 0 Å². The molecule has 0 unspecified atom stereocenters. The van der Waals surface area contributed by atoms with Crippen molar-refractivity contribution in [1.82, 2.24) is 0 Å². The topological polar surface area (TPSA) is 20.2 Å². The van der Waals surface area contributed by atoms with Gasteiger partial charge in [0.15, 0.2) is 0 Å².